The molecule has 1 heterocycles. The lowest BCUT2D eigenvalue weighted by Gasteiger charge is -2.31. The summed E-state index contributed by atoms with van der Waals surface area (Å²) < 4.78 is 32.0. The van der Waals surface area contributed by atoms with E-state index in [1.165, 1.54) is 17.5 Å². The first kappa shape index (κ1) is 24.5. The van der Waals surface area contributed by atoms with Crippen molar-refractivity contribution in [3.05, 3.63) is 63.1 Å². The van der Waals surface area contributed by atoms with Crippen molar-refractivity contribution in [3.63, 3.8) is 0 Å². The van der Waals surface area contributed by atoms with Crippen molar-refractivity contribution in [2.24, 2.45) is 5.92 Å². The summed E-state index contributed by atoms with van der Waals surface area (Å²) in [5.74, 6) is -1.58. The van der Waals surface area contributed by atoms with E-state index in [9.17, 15) is 18.0 Å². The molecule has 1 saturated heterocycles. The molecule has 172 valence electrons. The SMILES string of the molecule is COC(=O)c1ccc(C)c(NC(=O)C2CCCN(S(=O)(=O)Cc3ccc(Cl)cc3Cl)C2)c1. The van der Waals surface area contributed by atoms with Crippen LogP contribution in [0.4, 0.5) is 5.69 Å². The lowest BCUT2D eigenvalue weighted by Crippen LogP contribution is -2.44. The molecule has 1 atom stereocenters. The second-order valence-electron chi connectivity index (χ2n) is 7.70. The van der Waals surface area contributed by atoms with Crippen LogP contribution in [0.1, 0.15) is 34.3 Å². The average molecular weight is 499 g/mol. The van der Waals surface area contributed by atoms with Gasteiger partial charge in [-0.2, -0.15) is 0 Å². The first-order valence-corrected chi connectivity index (χ1v) is 12.4. The Morgan fingerprint density at radius 3 is 2.62 bits per heavy atom. The number of sulfonamides is 1. The number of halogens is 2. The van der Waals surface area contributed by atoms with Crippen molar-refractivity contribution in [1.29, 1.82) is 0 Å². The van der Waals surface area contributed by atoms with Gasteiger partial charge in [0.05, 0.1) is 24.3 Å². The van der Waals surface area contributed by atoms with Gasteiger partial charge in [-0.05, 0) is 55.2 Å². The Labute approximate surface area is 197 Å². The van der Waals surface area contributed by atoms with Gasteiger partial charge < -0.3 is 10.1 Å². The standard InChI is InChI=1S/C22H24Cl2N2O5S/c1-14-5-6-15(22(28)31-2)10-20(14)25-21(27)16-4-3-9-26(12-16)32(29,30)13-17-7-8-18(23)11-19(17)24/h5-8,10-11,16H,3-4,9,12-13H2,1-2H3,(H,25,27). The molecule has 2 aromatic rings. The fourth-order valence-electron chi connectivity index (χ4n) is 3.57. The molecule has 7 nitrogen and oxygen atoms in total. The van der Waals surface area contributed by atoms with Gasteiger partial charge >= 0.3 is 5.97 Å². The maximum absolute atomic E-state index is 13.0. The molecule has 1 unspecified atom stereocenters. The molecule has 0 radical (unpaired) electrons. The van der Waals surface area contributed by atoms with E-state index in [2.05, 4.69) is 5.32 Å². The van der Waals surface area contributed by atoms with E-state index >= 15 is 0 Å². The van der Waals surface area contributed by atoms with Crippen LogP contribution in [0.25, 0.3) is 0 Å². The van der Waals surface area contributed by atoms with Gasteiger partial charge in [-0.25, -0.2) is 17.5 Å². The lowest BCUT2D eigenvalue weighted by atomic mass is 9.98. The Hall–Kier alpha value is -2.13. The average Bonchev–Trinajstić information content (AvgIpc) is 2.76. The van der Waals surface area contributed by atoms with Crippen LogP contribution >= 0.6 is 23.2 Å². The predicted molar refractivity (Wildman–Crippen MR) is 125 cm³/mol. The molecular formula is C22H24Cl2N2O5S. The van der Waals surface area contributed by atoms with Gasteiger partial charge in [0, 0.05) is 28.8 Å². The number of benzene rings is 2. The zero-order chi connectivity index (χ0) is 23.5. The molecule has 0 spiro atoms. The zero-order valence-electron chi connectivity index (χ0n) is 17.7. The monoisotopic (exact) mass is 498 g/mol. The van der Waals surface area contributed by atoms with Gasteiger partial charge in [0.2, 0.25) is 15.9 Å². The van der Waals surface area contributed by atoms with E-state index in [-0.39, 0.29) is 23.2 Å². The van der Waals surface area contributed by atoms with E-state index in [0.717, 1.165) is 5.56 Å². The molecule has 3 rings (SSSR count). The molecule has 10 heteroatoms. The number of aryl methyl sites for hydroxylation is 1. The zero-order valence-corrected chi connectivity index (χ0v) is 20.1. The third-order valence-electron chi connectivity index (χ3n) is 5.42. The molecule has 0 aromatic heterocycles. The van der Waals surface area contributed by atoms with E-state index in [1.807, 2.05) is 6.92 Å². The lowest BCUT2D eigenvalue weighted by molar-refractivity contribution is -0.120. The van der Waals surface area contributed by atoms with Crippen molar-refractivity contribution in [2.45, 2.75) is 25.5 Å². The van der Waals surface area contributed by atoms with Crippen molar-refractivity contribution >= 4 is 50.8 Å². The number of rotatable bonds is 6. The van der Waals surface area contributed by atoms with Crippen LogP contribution in [0.2, 0.25) is 10.0 Å². The fourth-order valence-corrected chi connectivity index (χ4v) is 5.77. The van der Waals surface area contributed by atoms with Gasteiger partial charge in [-0.15, -0.1) is 0 Å². The maximum atomic E-state index is 13.0. The second-order valence-corrected chi connectivity index (χ2v) is 10.5. The number of ether oxygens (including phenoxy) is 1. The van der Waals surface area contributed by atoms with Crippen LogP contribution in [0, 0.1) is 12.8 Å². The highest BCUT2D eigenvalue weighted by atomic mass is 35.5. The van der Waals surface area contributed by atoms with Crippen molar-refractivity contribution in [3.8, 4) is 0 Å². The number of methoxy groups -OCH3 is 1. The first-order valence-electron chi connectivity index (χ1n) is 10.0. The highest BCUT2D eigenvalue weighted by Crippen LogP contribution is 2.27. The molecule has 0 aliphatic carbocycles. The van der Waals surface area contributed by atoms with Gasteiger partial charge in [0.1, 0.15) is 0 Å². The number of amides is 1. The number of anilines is 1. The molecular weight excluding hydrogens is 475 g/mol. The minimum atomic E-state index is -3.68. The molecule has 1 aliphatic rings. The minimum Gasteiger partial charge on any atom is -0.465 e. The highest BCUT2D eigenvalue weighted by molar-refractivity contribution is 7.88. The Kier molecular flexibility index (Phi) is 7.82. The fraction of sp³-hybridized carbons (Fsp3) is 0.364. The molecule has 1 N–H and O–H groups in total. The predicted octanol–water partition coefficient (Wildman–Crippen LogP) is 4.27. The number of nitrogens with zero attached hydrogens (tertiary/aromatic N) is 1. The summed E-state index contributed by atoms with van der Waals surface area (Å²) in [7, 11) is -2.39. The number of carbonyl (C=O) groups is 2. The van der Waals surface area contributed by atoms with Crippen LogP contribution in [-0.2, 0) is 25.3 Å². The van der Waals surface area contributed by atoms with Gasteiger partial charge in [-0.3, -0.25) is 4.79 Å². The van der Waals surface area contributed by atoms with Crippen LogP contribution in [0.3, 0.4) is 0 Å². The molecule has 0 bridgehead atoms. The summed E-state index contributed by atoms with van der Waals surface area (Å²) in [6.07, 6.45) is 1.13. The topological polar surface area (TPSA) is 92.8 Å². The number of nitrogens with one attached hydrogen (secondary N) is 1. The second kappa shape index (κ2) is 10.2. The van der Waals surface area contributed by atoms with Crippen molar-refractivity contribution in [2.75, 3.05) is 25.5 Å². The van der Waals surface area contributed by atoms with Crippen LogP contribution < -0.4 is 5.32 Å². The third kappa shape index (κ3) is 5.81. The molecule has 0 saturated carbocycles. The number of piperidine rings is 1. The summed E-state index contributed by atoms with van der Waals surface area (Å²) >= 11 is 12.0. The van der Waals surface area contributed by atoms with Crippen molar-refractivity contribution < 1.29 is 22.7 Å². The van der Waals surface area contributed by atoms with Crippen molar-refractivity contribution in [1.82, 2.24) is 4.31 Å². The molecule has 1 amide bonds. The molecule has 32 heavy (non-hydrogen) atoms. The smallest absolute Gasteiger partial charge is 0.337 e. The Balaban J connectivity index is 1.71. The number of carbonyl (C=O) groups excluding carboxylic acids is 2. The van der Waals surface area contributed by atoms with Crippen LogP contribution in [-0.4, -0.2) is 44.8 Å². The summed E-state index contributed by atoms with van der Waals surface area (Å²) in [6, 6.07) is 9.58. The quantitative estimate of drug-likeness (QED) is 0.600. The van der Waals surface area contributed by atoms with E-state index in [0.29, 0.717) is 41.2 Å². The highest BCUT2D eigenvalue weighted by Gasteiger charge is 2.33. The van der Waals surface area contributed by atoms with Crippen LogP contribution in [0.15, 0.2) is 36.4 Å². The number of hydrogen-bond acceptors (Lipinski definition) is 5. The summed E-state index contributed by atoms with van der Waals surface area (Å²) in [5, 5.41) is 3.55. The molecule has 2 aromatic carbocycles. The van der Waals surface area contributed by atoms with E-state index < -0.39 is 21.9 Å². The first-order chi connectivity index (χ1) is 15.1. The maximum Gasteiger partial charge on any atom is 0.337 e. The summed E-state index contributed by atoms with van der Waals surface area (Å²) in [4.78, 5) is 24.7. The number of esters is 1. The third-order valence-corrected chi connectivity index (χ3v) is 7.80. The van der Waals surface area contributed by atoms with E-state index in [4.69, 9.17) is 27.9 Å². The summed E-state index contributed by atoms with van der Waals surface area (Å²) in [5.41, 5.74) is 2.05. The van der Waals surface area contributed by atoms with Gasteiger partial charge in [-0.1, -0.05) is 35.3 Å². The normalized spacial score (nSPS) is 17.1. The van der Waals surface area contributed by atoms with Crippen LogP contribution in [0.5, 0.6) is 0 Å². The number of hydrogen-bond donors (Lipinski definition) is 1. The van der Waals surface area contributed by atoms with Gasteiger partial charge in [0.25, 0.3) is 0 Å². The molecule has 1 aliphatic heterocycles. The molecule has 1 fully saturated rings. The Bertz CT molecular complexity index is 1140. The Morgan fingerprint density at radius 1 is 1.19 bits per heavy atom. The largest absolute Gasteiger partial charge is 0.465 e. The van der Waals surface area contributed by atoms with E-state index in [1.54, 1.807) is 30.3 Å². The summed E-state index contributed by atoms with van der Waals surface area (Å²) in [6.45, 7) is 2.23. The van der Waals surface area contributed by atoms with Gasteiger partial charge in [0.15, 0.2) is 0 Å². The Morgan fingerprint density at radius 2 is 1.94 bits per heavy atom. The minimum absolute atomic E-state index is 0.0785.